The van der Waals surface area contributed by atoms with E-state index in [1.54, 1.807) is 18.3 Å². The molecule has 1 aliphatic rings. The highest BCUT2D eigenvalue weighted by molar-refractivity contribution is 7.17. The Labute approximate surface area is 208 Å². The number of carbonyl (C=O) groups is 2. The number of amides is 2. The third-order valence-corrected chi connectivity index (χ3v) is 8.49. The summed E-state index contributed by atoms with van der Waals surface area (Å²) in [4.78, 5) is 30.2. The lowest BCUT2D eigenvalue weighted by molar-refractivity contribution is 0.0526. The Bertz CT molecular complexity index is 1160. The number of nitrogens with zero attached hydrogens (tertiary/aromatic N) is 2. The molecule has 0 bridgehead atoms. The van der Waals surface area contributed by atoms with E-state index in [2.05, 4.69) is 41.1 Å². The molecule has 182 valence electrons. The number of aryl methyl sites for hydroxylation is 1. The van der Waals surface area contributed by atoms with E-state index in [0.717, 1.165) is 48.4 Å². The number of ether oxygens (including phenoxy) is 1. The molecule has 0 aromatic carbocycles. The molecule has 0 aliphatic heterocycles. The van der Waals surface area contributed by atoms with Gasteiger partial charge in [-0.1, -0.05) is 0 Å². The van der Waals surface area contributed by atoms with Crippen LogP contribution in [0.5, 0.6) is 0 Å². The minimum Gasteiger partial charge on any atom is -0.462 e. The van der Waals surface area contributed by atoms with Gasteiger partial charge in [-0.25, -0.2) is 9.59 Å². The van der Waals surface area contributed by atoms with Crippen molar-refractivity contribution in [3.05, 3.63) is 56.5 Å². The first-order valence-corrected chi connectivity index (χ1v) is 13.3. The van der Waals surface area contributed by atoms with Crippen molar-refractivity contribution in [2.24, 2.45) is 0 Å². The largest absolute Gasteiger partial charge is 0.462 e. The first-order valence-electron chi connectivity index (χ1n) is 11.6. The summed E-state index contributed by atoms with van der Waals surface area (Å²) in [5.74, 6) is -0.353. The van der Waals surface area contributed by atoms with Gasteiger partial charge in [0.2, 0.25) is 0 Å². The van der Waals surface area contributed by atoms with Crippen LogP contribution in [0.25, 0.3) is 5.00 Å². The van der Waals surface area contributed by atoms with E-state index in [9.17, 15) is 9.59 Å². The highest BCUT2D eigenvalue weighted by atomic mass is 32.1. The molecule has 1 aliphatic carbocycles. The van der Waals surface area contributed by atoms with E-state index in [4.69, 9.17) is 4.74 Å². The van der Waals surface area contributed by atoms with Gasteiger partial charge in [0.15, 0.2) is 0 Å². The van der Waals surface area contributed by atoms with Crippen LogP contribution in [0.15, 0.2) is 24.5 Å². The van der Waals surface area contributed by atoms with Crippen LogP contribution in [0, 0.1) is 6.92 Å². The summed E-state index contributed by atoms with van der Waals surface area (Å²) in [5, 5.41) is 7.66. The van der Waals surface area contributed by atoms with Crippen LogP contribution in [0.4, 0.5) is 9.80 Å². The lowest BCUT2D eigenvalue weighted by Gasteiger charge is -2.13. The van der Waals surface area contributed by atoms with E-state index in [0.29, 0.717) is 23.7 Å². The second kappa shape index (κ2) is 10.8. The van der Waals surface area contributed by atoms with Gasteiger partial charge in [0.05, 0.1) is 12.2 Å². The molecular weight excluding hydrogens is 468 g/mol. The second-order valence-electron chi connectivity index (χ2n) is 8.71. The normalized spacial score (nSPS) is 13.1. The number of thiophene rings is 2. The first kappa shape index (κ1) is 24.5. The van der Waals surface area contributed by atoms with Gasteiger partial charge in [-0.05, 0) is 76.9 Å². The number of carbonyl (C=O) groups excluding carboxylic acids is 2. The van der Waals surface area contributed by atoms with Gasteiger partial charge in [-0.2, -0.15) is 0 Å². The summed E-state index contributed by atoms with van der Waals surface area (Å²) in [6, 6.07) is 3.68. The van der Waals surface area contributed by atoms with Crippen molar-refractivity contribution in [2.45, 2.75) is 52.6 Å². The zero-order chi connectivity index (χ0) is 24.2. The molecule has 0 saturated carbocycles. The van der Waals surface area contributed by atoms with Gasteiger partial charge < -0.3 is 19.5 Å². The molecule has 9 heteroatoms. The third kappa shape index (κ3) is 5.21. The maximum atomic E-state index is 12.9. The van der Waals surface area contributed by atoms with Gasteiger partial charge in [0, 0.05) is 40.8 Å². The van der Waals surface area contributed by atoms with Crippen LogP contribution in [-0.4, -0.2) is 42.2 Å². The van der Waals surface area contributed by atoms with Crippen LogP contribution in [0.2, 0.25) is 0 Å². The molecule has 0 radical (unpaired) electrons. The van der Waals surface area contributed by atoms with E-state index in [1.165, 1.54) is 26.7 Å². The Morgan fingerprint density at radius 1 is 1.15 bits per heavy atom. The van der Waals surface area contributed by atoms with Gasteiger partial charge >= 0.3 is 12.0 Å². The molecule has 34 heavy (non-hydrogen) atoms. The quantitative estimate of drug-likeness (QED) is 0.409. The van der Waals surface area contributed by atoms with Gasteiger partial charge in [-0.3, -0.25) is 5.32 Å². The Hall–Kier alpha value is -2.62. The van der Waals surface area contributed by atoms with Crippen LogP contribution in [0.1, 0.15) is 56.6 Å². The number of hydrogen-bond donors (Lipinski definition) is 2. The Kier molecular flexibility index (Phi) is 7.75. The van der Waals surface area contributed by atoms with Crippen LogP contribution in [-0.2, 0) is 30.7 Å². The molecule has 3 aromatic rings. The molecule has 0 atom stereocenters. The fraction of sp³-hybridized carbons (Fsp3) is 0.440. The molecular formula is C25H32N4O3S2. The molecule has 3 aromatic heterocycles. The molecule has 7 nitrogen and oxygen atoms in total. The monoisotopic (exact) mass is 500 g/mol. The van der Waals surface area contributed by atoms with Crippen LogP contribution >= 0.6 is 22.7 Å². The van der Waals surface area contributed by atoms with Crippen LogP contribution in [0.3, 0.4) is 0 Å². The summed E-state index contributed by atoms with van der Waals surface area (Å²) in [7, 11) is 4.11. The lowest BCUT2D eigenvalue weighted by atomic mass is 9.95. The van der Waals surface area contributed by atoms with Gasteiger partial charge in [0.1, 0.15) is 10.0 Å². The lowest BCUT2D eigenvalue weighted by Crippen LogP contribution is -2.29. The van der Waals surface area contributed by atoms with Crippen molar-refractivity contribution >= 4 is 39.7 Å². The highest BCUT2D eigenvalue weighted by Gasteiger charge is 2.27. The van der Waals surface area contributed by atoms with E-state index < -0.39 is 0 Å². The summed E-state index contributed by atoms with van der Waals surface area (Å²) in [6.07, 6.45) is 8.00. The van der Waals surface area contributed by atoms with Crippen molar-refractivity contribution in [1.82, 2.24) is 14.8 Å². The molecule has 4 rings (SSSR count). The molecule has 2 amide bonds. The molecule has 0 saturated heterocycles. The Morgan fingerprint density at radius 2 is 1.88 bits per heavy atom. The van der Waals surface area contributed by atoms with Gasteiger partial charge in [0.25, 0.3) is 0 Å². The number of rotatable bonds is 8. The number of anilines is 1. The van der Waals surface area contributed by atoms with E-state index >= 15 is 0 Å². The van der Waals surface area contributed by atoms with Crippen molar-refractivity contribution in [3.63, 3.8) is 0 Å². The zero-order valence-electron chi connectivity index (χ0n) is 20.2. The fourth-order valence-corrected chi connectivity index (χ4v) is 6.98. The maximum absolute atomic E-state index is 12.9. The van der Waals surface area contributed by atoms with Crippen molar-refractivity contribution in [2.75, 3.05) is 26.0 Å². The third-order valence-electron chi connectivity index (χ3n) is 5.95. The average molecular weight is 501 g/mol. The summed E-state index contributed by atoms with van der Waals surface area (Å²) in [5.41, 5.74) is 3.87. The maximum Gasteiger partial charge on any atom is 0.341 e. The number of aromatic nitrogens is 1. The van der Waals surface area contributed by atoms with Crippen molar-refractivity contribution < 1.29 is 14.3 Å². The standard InChI is InChI=1S/C25H32N4O3S2/c1-5-32-24(30)21-17-10-6-7-11-19(17)33-22(21)27-25(31)26-14-18-16(2)20(15-28(3)4)34-23(18)29-12-8-9-13-29/h8-9,12-13H,5-7,10-11,14-15H2,1-4H3,(H2,26,27,31). The topological polar surface area (TPSA) is 75.6 Å². The Balaban J connectivity index is 1.54. The minimum absolute atomic E-state index is 0.309. The molecule has 0 spiro atoms. The molecule has 3 heterocycles. The van der Waals surface area contributed by atoms with Crippen molar-refractivity contribution in [3.8, 4) is 5.00 Å². The van der Waals surface area contributed by atoms with Gasteiger partial charge in [-0.15, -0.1) is 22.7 Å². The molecule has 2 N–H and O–H groups in total. The number of nitrogens with one attached hydrogen (secondary N) is 2. The molecule has 0 fully saturated rings. The number of hydrogen-bond acceptors (Lipinski definition) is 6. The highest BCUT2D eigenvalue weighted by Crippen LogP contribution is 2.38. The number of urea groups is 1. The summed E-state index contributed by atoms with van der Waals surface area (Å²) >= 11 is 3.25. The fourth-order valence-electron chi connectivity index (χ4n) is 4.30. The predicted molar refractivity (Wildman–Crippen MR) is 139 cm³/mol. The molecule has 0 unspecified atom stereocenters. The van der Waals surface area contributed by atoms with E-state index in [-0.39, 0.29) is 12.0 Å². The first-order chi connectivity index (χ1) is 16.4. The smallest absolute Gasteiger partial charge is 0.341 e. The second-order valence-corrected chi connectivity index (χ2v) is 10.9. The number of esters is 1. The predicted octanol–water partition coefficient (Wildman–Crippen LogP) is 5.35. The van der Waals surface area contributed by atoms with Crippen molar-refractivity contribution in [1.29, 1.82) is 0 Å². The van der Waals surface area contributed by atoms with Crippen LogP contribution < -0.4 is 10.6 Å². The number of fused-ring (bicyclic) bond motifs is 1. The zero-order valence-corrected chi connectivity index (χ0v) is 21.8. The Morgan fingerprint density at radius 3 is 2.59 bits per heavy atom. The minimum atomic E-state index is -0.353. The summed E-state index contributed by atoms with van der Waals surface area (Å²) in [6.45, 7) is 5.47. The summed E-state index contributed by atoms with van der Waals surface area (Å²) < 4.78 is 7.40. The van der Waals surface area contributed by atoms with E-state index in [1.807, 2.05) is 24.5 Å². The SMILES string of the molecule is CCOC(=O)c1c(NC(=O)NCc2c(-n3cccc3)sc(CN(C)C)c2C)sc2c1CCCC2. The average Bonchev–Trinajstić information content (AvgIpc) is 3.51.